The summed E-state index contributed by atoms with van der Waals surface area (Å²) in [5.41, 5.74) is 14.2. The van der Waals surface area contributed by atoms with E-state index in [2.05, 4.69) is 90.0 Å². The molecule has 74 heavy (non-hydrogen) atoms. The summed E-state index contributed by atoms with van der Waals surface area (Å²) in [6.45, 7) is 18.9. The summed E-state index contributed by atoms with van der Waals surface area (Å²) in [5.74, 6) is 5.32. The summed E-state index contributed by atoms with van der Waals surface area (Å²) in [5, 5.41) is 18.7. The minimum Gasteiger partial charge on any atom is -0.850 e. The van der Waals surface area contributed by atoms with Crippen molar-refractivity contribution in [2.45, 2.75) is 177 Å². The van der Waals surface area contributed by atoms with Crippen molar-refractivity contribution in [3.63, 3.8) is 0 Å². The van der Waals surface area contributed by atoms with E-state index in [9.17, 15) is 14.7 Å². The van der Waals surface area contributed by atoms with Crippen LogP contribution in [-0.2, 0) is 69.1 Å². The van der Waals surface area contributed by atoms with E-state index in [-0.39, 0.29) is 48.8 Å². The van der Waals surface area contributed by atoms with E-state index >= 15 is 0 Å². The van der Waals surface area contributed by atoms with Gasteiger partial charge in [-0.3, -0.25) is 23.9 Å². The van der Waals surface area contributed by atoms with E-state index in [0.717, 1.165) is 79.3 Å². The molecular formula is C57H78IN12NaO3. The normalized spacial score (nSPS) is 16.6. The number of hydrogen-bond donors (Lipinski definition) is 0. The van der Waals surface area contributed by atoms with Gasteiger partial charge in [0.15, 0.2) is 5.82 Å². The molecule has 0 bridgehead atoms. The number of amides is 2. The molecule has 0 N–H and O–H groups in total. The zero-order valence-electron chi connectivity index (χ0n) is 45.1. The largest absolute Gasteiger partial charge is 1.00 e. The van der Waals surface area contributed by atoms with Gasteiger partial charge in [-0.1, -0.05) is 48.1 Å². The molecule has 3 aliphatic carbocycles. The molecule has 12 rings (SSSR count). The molecule has 1 aromatic carbocycles. The van der Waals surface area contributed by atoms with E-state index < -0.39 is 5.60 Å². The Morgan fingerprint density at radius 1 is 0.689 bits per heavy atom. The van der Waals surface area contributed by atoms with Crippen molar-refractivity contribution < 1.29 is 44.3 Å². The number of rotatable bonds is 7. The number of anilines is 2. The number of nitrogens with zero attached hydrogens (tertiary/aromatic N) is 12. The molecule has 17 heteroatoms. The third kappa shape index (κ3) is 13.2. The minimum atomic E-state index is -0.750. The van der Waals surface area contributed by atoms with Gasteiger partial charge < -0.3 is 28.9 Å². The predicted molar refractivity (Wildman–Crippen MR) is 296 cm³/mol. The number of benzene rings is 1. The van der Waals surface area contributed by atoms with Crippen molar-refractivity contribution in [2.24, 2.45) is 14.1 Å². The Balaban J connectivity index is 0.000000165. The van der Waals surface area contributed by atoms with Crippen LogP contribution >= 0.6 is 22.6 Å². The standard InChI is InChI=1S/C26H32N6O.C14H17N3.C12H16IN3O.C4H9O.CH4.Na/c1-4-24(33)30-10-11-32-23(16-30)26(28-25(32)18-7-8-18)31-9-5-6-19-13-21(17(2)12-22(19)31)20-14-27-29(3)15-20;1-10-7-11-5-3-4-6-13(11)16-14(10)12-8-15-17(2)9-12;1-2-10(17)15-5-6-16-9(7-15)11(13)14-12(16)8-3-4-8;1-4(2,3)5;;/h12-15,18H,4-11,16H2,1-3H3;7-9H,3-6H2,1-2H3;8H,2-7H2,1H3;1-3H3;1H4;/q;;;-1;;+1. The quantitative estimate of drug-likeness (QED) is 0.123. The summed E-state index contributed by atoms with van der Waals surface area (Å²) in [6.07, 6.45) is 21.2. The van der Waals surface area contributed by atoms with Crippen molar-refractivity contribution in [1.29, 1.82) is 0 Å². The first-order chi connectivity index (χ1) is 34.5. The Morgan fingerprint density at radius 3 is 1.80 bits per heavy atom. The Labute approximate surface area is 475 Å². The molecule has 0 saturated heterocycles. The molecule has 2 amide bonds. The van der Waals surface area contributed by atoms with Crippen LogP contribution in [0.2, 0.25) is 0 Å². The number of carbonyl (C=O) groups is 2. The van der Waals surface area contributed by atoms with E-state index in [1.54, 1.807) is 20.8 Å². The second kappa shape index (κ2) is 24.3. The van der Waals surface area contributed by atoms with Crippen LogP contribution in [0.3, 0.4) is 0 Å². The number of halogens is 1. The first-order valence-corrected chi connectivity index (χ1v) is 27.5. The molecule has 8 heterocycles. The molecule has 0 radical (unpaired) electrons. The van der Waals surface area contributed by atoms with Gasteiger partial charge in [-0.15, -0.1) is 5.60 Å². The van der Waals surface area contributed by atoms with Gasteiger partial charge in [0.2, 0.25) is 11.8 Å². The molecule has 6 aliphatic rings. The summed E-state index contributed by atoms with van der Waals surface area (Å²) in [7, 11) is 3.90. The fourth-order valence-corrected chi connectivity index (χ4v) is 11.3. The number of aromatic nitrogens is 9. The smallest absolute Gasteiger partial charge is 0.850 e. The minimum absolute atomic E-state index is 0. The monoisotopic (exact) mass is 1130 g/mol. The van der Waals surface area contributed by atoms with Gasteiger partial charge >= 0.3 is 29.6 Å². The number of aryl methyl sites for hydroxylation is 7. The van der Waals surface area contributed by atoms with Crippen LogP contribution in [0.4, 0.5) is 11.5 Å². The maximum Gasteiger partial charge on any atom is 1.00 e. The Bertz CT molecular complexity index is 2930. The van der Waals surface area contributed by atoms with Gasteiger partial charge in [-0.05, 0) is 141 Å². The van der Waals surface area contributed by atoms with Crippen LogP contribution in [0.25, 0.3) is 22.4 Å². The molecule has 3 aliphatic heterocycles. The maximum absolute atomic E-state index is 12.5. The van der Waals surface area contributed by atoms with Crippen molar-refractivity contribution in [1.82, 2.24) is 53.4 Å². The fourth-order valence-electron chi connectivity index (χ4n) is 10.5. The van der Waals surface area contributed by atoms with Gasteiger partial charge in [0.05, 0.1) is 42.6 Å². The molecule has 2 saturated carbocycles. The van der Waals surface area contributed by atoms with Crippen molar-refractivity contribution >= 4 is 45.9 Å². The first kappa shape index (κ1) is 57.3. The summed E-state index contributed by atoms with van der Waals surface area (Å²) in [6, 6.07) is 6.99. The van der Waals surface area contributed by atoms with E-state index in [0.29, 0.717) is 31.2 Å². The zero-order chi connectivity index (χ0) is 51.0. The topological polar surface area (TPSA) is 151 Å². The van der Waals surface area contributed by atoms with Gasteiger partial charge in [0.25, 0.3) is 0 Å². The molecule has 15 nitrogen and oxygen atoms in total. The maximum atomic E-state index is 12.5. The Morgan fingerprint density at radius 2 is 1.23 bits per heavy atom. The number of pyridine rings is 1. The van der Waals surface area contributed by atoms with Crippen molar-refractivity contribution in [2.75, 3.05) is 24.5 Å². The molecule has 0 unspecified atom stereocenters. The summed E-state index contributed by atoms with van der Waals surface area (Å²) in [4.78, 5) is 45.4. The first-order valence-electron chi connectivity index (χ1n) is 26.5. The second-order valence-corrected chi connectivity index (χ2v) is 22.6. The summed E-state index contributed by atoms with van der Waals surface area (Å²) >= 11 is 2.30. The molecule has 6 aromatic rings. The molecular weight excluding hydrogens is 1050 g/mol. The molecule has 0 spiro atoms. The molecule has 392 valence electrons. The van der Waals surface area contributed by atoms with E-state index in [1.807, 2.05) is 65.7 Å². The zero-order valence-corrected chi connectivity index (χ0v) is 49.3. The SMILES string of the molecule is C.CC(C)(C)[O-].CCC(=O)N1CCn2c(C3CC3)nc(I)c2C1.CCC(=O)N1CCn2c(C3CC3)nc(N3CCCc4cc(-c5cnn(C)c5)c(C)cc43)c2C1.Cc1cc2c(nc1-c1cnn(C)c1)CCCC2.[Na+]. The van der Waals surface area contributed by atoms with Crippen LogP contribution in [0, 0.1) is 17.5 Å². The molecule has 2 fully saturated rings. The average Bonchev–Trinajstić information content (AvgIpc) is 4.24. The van der Waals surface area contributed by atoms with E-state index in [1.165, 1.54) is 113 Å². The third-order valence-corrected chi connectivity index (χ3v) is 15.3. The van der Waals surface area contributed by atoms with Gasteiger partial charge in [0.1, 0.15) is 15.3 Å². The number of fused-ring (bicyclic) bond motifs is 4. The number of hydrogen-bond acceptors (Lipinski definition) is 9. The van der Waals surface area contributed by atoms with Crippen LogP contribution in [0.5, 0.6) is 0 Å². The number of carbonyl (C=O) groups excluding carboxylic acids is 2. The molecule has 5 aromatic heterocycles. The van der Waals surface area contributed by atoms with Crippen LogP contribution in [-0.4, -0.2) is 90.5 Å². The third-order valence-electron chi connectivity index (χ3n) is 14.5. The predicted octanol–water partition coefficient (Wildman–Crippen LogP) is 6.88. The fraction of sp³-hybridized carbons (Fsp3) is 0.561. The second-order valence-electron chi connectivity index (χ2n) is 21.6. The van der Waals surface area contributed by atoms with Crippen LogP contribution in [0.15, 0.2) is 43.0 Å². The number of imidazole rings is 2. The summed E-state index contributed by atoms with van der Waals surface area (Å²) < 4.78 is 9.55. The Hall–Kier alpha value is -4.36. The van der Waals surface area contributed by atoms with Crippen LogP contribution < -0.4 is 39.6 Å². The van der Waals surface area contributed by atoms with Crippen molar-refractivity contribution in [3.8, 4) is 22.4 Å². The van der Waals surface area contributed by atoms with Crippen molar-refractivity contribution in [3.05, 3.63) is 97.7 Å². The van der Waals surface area contributed by atoms with Gasteiger partial charge in [-0.25, -0.2) is 9.97 Å². The molecule has 0 atom stereocenters. The average molecular weight is 1130 g/mol. The van der Waals surface area contributed by atoms with Gasteiger partial charge in [0, 0.05) is 106 Å². The van der Waals surface area contributed by atoms with Gasteiger partial charge in [-0.2, -0.15) is 10.2 Å². The van der Waals surface area contributed by atoms with E-state index in [4.69, 9.17) is 9.97 Å². The Kier molecular flexibility index (Phi) is 18.8. The van der Waals surface area contributed by atoms with Crippen LogP contribution in [0.1, 0.15) is 163 Å².